The second-order valence-electron chi connectivity index (χ2n) is 17.1. The summed E-state index contributed by atoms with van der Waals surface area (Å²) in [5.74, 6) is -0.936. The zero-order valence-corrected chi connectivity index (χ0v) is 26.9. The van der Waals surface area contributed by atoms with Gasteiger partial charge in [-0.3, -0.25) is 19.2 Å². The predicted molar refractivity (Wildman–Crippen MR) is 155 cm³/mol. The molecule has 11 atom stereocenters. The molecular weight excluding hydrogens is 580 g/mol. The molecule has 6 aliphatic carbocycles. The van der Waals surface area contributed by atoms with Crippen LogP contribution in [0.1, 0.15) is 111 Å². The first-order valence-corrected chi connectivity index (χ1v) is 17.2. The highest BCUT2D eigenvalue weighted by atomic mass is 16.6. The molecule has 2 saturated heterocycles. The van der Waals surface area contributed by atoms with Crippen molar-refractivity contribution in [1.82, 2.24) is 0 Å². The van der Waals surface area contributed by atoms with Crippen LogP contribution in [0.4, 0.5) is 0 Å². The van der Waals surface area contributed by atoms with E-state index in [1.165, 1.54) is 0 Å². The Bertz CT molecular complexity index is 1390. The molecule has 8 rings (SSSR count). The van der Waals surface area contributed by atoms with Crippen molar-refractivity contribution in [2.24, 2.45) is 45.3 Å². The van der Waals surface area contributed by atoms with Crippen molar-refractivity contribution in [2.75, 3.05) is 6.61 Å². The van der Waals surface area contributed by atoms with Crippen LogP contribution in [0.15, 0.2) is 0 Å². The summed E-state index contributed by atoms with van der Waals surface area (Å²) in [6.45, 7) is 7.06. The Morgan fingerprint density at radius 2 is 1.53 bits per heavy atom. The molecule has 8 fully saturated rings. The van der Waals surface area contributed by atoms with Gasteiger partial charge in [0.25, 0.3) is 0 Å². The highest BCUT2D eigenvalue weighted by molar-refractivity contribution is 5.82. The van der Waals surface area contributed by atoms with Crippen LogP contribution in [0.25, 0.3) is 0 Å². The van der Waals surface area contributed by atoms with Gasteiger partial charge in [0.1, 0.15) is 23.4 Å². The third-order valence-electron chi connectivity index (χ3n) is 14.2. The van der Waals surface area contributed by atoms with Crippen LogP contribution in [0, 0.1) is 45.3 Å². The molecule has 8 aliphatic rings. The fraction of sp³-hybridized carbons (Fsp3) is 0.857. The normalized spacial score (nSPS) is 45.3. The number of carbonyl (C=O) groups is 5. The molecule has 246 valence electrons. The summed E-state index contributed by atoms with van der Waals surface area (Å²) in [5.41, 5.74) is -3.32. The van der Waals surface area contributed by atoms with Crippen LogP contribution in [-0.4, -0.2) is 59.9 Å². The van der Waals surface area contributed by atoms with E-state index in [4.69, 9.17) is 23.7 Å². The average molecular weight is 627 g/mol. The fourth-order valence-electron chi connectivity index (χ4n) is 11.9. The second kappa shape index (κ2) is 9.24. The summed E-state index contributed by atoms with van der Waals surface area (Å²) in [4.78, 5) is 64.5. The Labute approximate surface area is 263 Å². The Kier molecular flexibility index (Phi) is 6.11. The molecule has 2 spiro atoms. The van der Waals surface area contributed by atoms with E-state index in [2.05, 4.69) is 0 Å². The first kappa shape index (κ1) is 29.7. The highest BCUT2D eigenvalue weighted by Gasteiger charge is 2.84. The van der Waals surface area contributed by atoms with Crippen molar-refractivity contribution in [1.29, 1.82) is 0 Å². The van der Waals surface area contributed by atoms with Crippen LogP contribution in [0.2, 0.25) is 0 Å². The first-order valence-electron chi connectivity index (χ1n) is 17.2. The molecule has 0 N–H and O–H groups in total. The van der Waals surface area contributed by atoms with E-state index >= 15 is 0 Å². The van der Waals surface area contributed by atoms with Gasteiger partial charge in [0.05, 0.1) is 28.1 Å². The van der Waals surface area contributed by atoms with Crippen LogP contribution in [0.3, 0.4) is 0 Å². The molecule has 0 aromatic rings. The van der Waals surface area contributed by atoms with Crippen molar-refractivity contribution in [3.05, 3.63) is 0 Å². The monoisotopic (exact) mass is 626 g/mol. The summed E-state index contributed by atoms with van der Waals surface area (Å²) >= 11 is 0. The SMILES string of the molecule is CCC(C)(CCCC(C)(C)C(=O)OCC(=O)OC12CC3CC4C(=O)OC(C1)C42C3)C(=O)OC12CC3CC4C(=O)OC(C1)C4(C3)C2. The zero-order chi connectivity index (χ0) is 31.8. The van der Waals surface area contributed by atoms with Gasteiger partial charge in [-0.15, -0.1) is 0 Å². The number of fused-ring (bicyclic) bond motifs is 3. The topological polar surface area (TPSA) is 132 Å². The fourth-order valence-corrected chi connectivity index (χ4v) is 11.9. The standard InChI is InChI=1S/C35H46O10/c1-5-31(4,29(40)45-32-11-19-9-21-26(37)42-23(15-32)33(21,12-19)18-32)8-6-7-30(2,3)28(39)41-17-25(36)44-34-13-20-10-22-27(38)43-24(16-34)35(22,34)14-20/h19-24H,5-18H2,1-4H3. The second-order valence-corrected chi connectivity index (χ2v) is 17.1. The molecular formula is C35H46O10. The maximum Gasteiger partial charge on any atom is 0.344 e. The summed E-state index contributed by atoms with van der Waals surface area (Å²) in [7, 11) is 0. The van der Waals surface area contributed by atoms with Crippen molar-refractivity contribution < 1.29 is 47.7 Å². The van der Waals surface area contributed by atoms with Crippen LogP contribution >= 0.6 is 0 Å². The lowest BCUT2D eigenvalue weighted by Gasteiger charge is -2.56. The number of esters is 5. The quantitative estimate of drug-likeness (QED) is 0.237. The molecule has 2 heterocycles. The van der Waals surface area contributed by atoms with Gasteiger partial charge in [0, 0.05) is 18.3 Å². The number of hydrogen-bond donors (Lipinski definition) is 0. The number of hydrogen-bond acceptors (Lipinski definition) is 10. The Morgan fingerprint density at radius 1 is 0.822 bits per heavy atom. The Hall–Kier alpha value is -2.65. The average Bonchev–Trinajstić information content (AvgIpc) is 3.73. The zero-order valence-electron chi connectivity index (χ0n) is 26.9. The van der Waals surface area contributed by atoms with Crippen molar-refractivity contribution >= 4 is 29.8 Å². The maximum absolute atomic E-state index is 13.7. The van der Waals surface area contributed by atoms with Crippen LogP contribution in [-0.2, 0) is 47.7 Å². The number of ether oxygens (including phenoxy) is 5. The largest absolute Gasteiger partial charge is 0.461 e. The molecule has 10 nitrogen and oxygen atoms in total. The van der Waals surface area contributed by atoms with Gasteiger partial charge in [0.15, 0.2) is 6.61 Å². The van der Waals surface area contributed by atoms with E-state index in [1.807, 2.05) is 13.8 Å². The van der Waals surface area contributed by atoms with Gasteiger partial charge in [-0.25, -0.2) is 4.79 Å². The van der Waals surface area contributed by atoms with E-state index in [0.29, 0.717) is 50.4 Å². The van der Waals surface area contributed by atoms with Crippen molar-refractivity contribution in [2.45, 2.75) is 135 Å². The van der Waals surface area contributed by atoms with E-state index in [0.717, 1.165) is 44.9 Å². The van der Waals surface area contributed by atoms with Crippen LogP contribution in [0.5, 0.6) is 0 Å². The van der Waals surface area contributed by atoms with E-state index < -0.39 is 40.6 Å². The smallest absolute Gasteiger partial charge is 0.344 e. The lowest BCUT2D eigenvalue weighted by molar-refractivity contribution is -0.237. The molecule has 0 amide bonds. The summed E-state index contributed by atoms with van der Waals surface area (Å²) in [6.07, 6.45) is 8.90. The van der Waals surface area contributed by atoms with Gasteiger partial charge < -0.3 is 23.7 Å². The predicted octanol–water partition coefficient (Wildman–Crippen LogP) is 4.59. The lowest BCUT2D eigenvalue weighted by atomic mass is 9.51. The van der Waals surface area contributed by atoms with E-state index in [1.54, 1.807) is 13.8 Å². The van der Waals surface area contributed by atoms with E-state index in [-0.39, 0.29) is 52.8 Å². The summed E-state index contributed by atoms with van der Waals surface area (Å²) in [6, 6.07) is 0. The van der Waals surface area contributed by atoms with E-state index in [9.17, 15) is 24.0 Å². The summed E-state index contributed by atoms with van der Waals surface area (Å²) < 4.78 is 29.2. The molecule has 0 radical (unpaired) electrons. The molecule has 10 heteroatoms. The first-order chi connectivity index (χ1) is 21.2. The molecule has 2 aliphatic heterocycles. The van der Waals surface area contributed by atoms with Gasteiger partial charge in [-0.2, -0.15) is 0 Å². The Morgan fingerprint density at radius 3 is 2.31 bits per heavy atom. The molecule has 5 bridgehead atoms. The molecule has 11 unspecified atom stereocenters. The maximum atomic E-state index is 13.7. The van der Waals surface area contributed by atoms with Crippen molar-refractivity contribution in [3.8, 4) is 0 Å². The number of carbonyl (C=O) groups excluding carboxylic acids is 5. The highest BCUT2D eigenvalue weighted by Crippen LogP contribution is 2.77. The van der Waals surface area contributed by atoms with Gasteiger partial charge in [0.2, 0.25) is 0 Å². The third-order valence-corrected chi connectivity index (χ3v) is 14.2. The number of rotatable bonds is 11. The third kappa shape index (κ3) is 3.89. The van der Waals surface area contributed by atoms with Crippen LogP contribution < -0.4 is 0 Å². The van der Waals surface area contributed by atoms with Gasteiger partial charge in [-0.1, -0.05) is 13.3 Å². The van der Waals surface area contributed by atoms with Gasteiger partial charge in [-0.05, 0) is 96.8 Å². The molecule has 45 heavy (non-hydrogen) atoms. The Balaban J connectivity index is 0.828. The molecule has 6 saturated carbocycles. The summed E-state index contributed by atoms with van der Waals surface area (Å²) in [5, 5.41) is 0. The molecule has 0 aromatic carbocycles. The lowest BCUT2D eigenvalue weighted by Crippen LogP contribution is -2.66. The van der Waals surface area contributed by atoms with Gasteiger partial charge >= 0.3 is 29.8 Å². The minimum Gasteiger partial charge on any atom is -0.461 e. The molecule has 0 aromatic heterocycles. The minimum atomic E-state index is -0.858. The van der Waals surface area contributed by atoms with Crippen molar-refractivity contribution in [3.63, 3.8) is 0 Å². The minimum absolute atomic E-state index is 0.0419.